The quantitative estimate of drug-likeness (QED) is 0.489. The third-order valence-corrected chi connectivity index (χ3v) is 2.98. The van der Waals surface area contributed by atoms with Gasteiger partial charge in [-0.05, 0) is 23.8 Å². The fourth-order valence-electron chi connectivity index (χ4n) is 1.73. The standard InChI is InChI=1S/C14H9ClFNO3/c15-10-3-6-13(16)12(8-10)14(18)7-9-1-4-11(5-2-9)17(19)20/h1-6,8H,7H2. The molecule has 102 valence electrons. The van der Waals surface area contributed by atoms with Crippen LogP contribution in [0.25, 0.3) is 0 Å². The number of non-ortho nitro benzene ring substituents is 1. The Morgan fingerprint density at radius 3 is 2.45 bits per heavy atom. The summed E-state index contributed by atoms with van der Waals surface area (Å²) in [5.74, 6) is -1.07. The molecule has 20 heavy (non-hydrogen) atoms. The molecule has 0 aromatic heterocycles. The molecule has 0 atom stereocenters. The van der Waals surface area contributed by atoms with E-state index in [0.717, 1.165) is 6.07 Å². The number of carbonyl (C=O) groups is 1. The summed E-state index contributed by atoms with van der Waals surface area (Å²) in [5.41, 5.74) is 0.422. The van der Waals surface area contributed by atoms with Gasteiger partial charge in [0, 0.05) is 23.6 Å². The van der Waals surface area contributed by atoms with Crippen molar-refractivity contribution in [1.29, 1.82) is 0 Å². The minimum absolute atomic E-state index is 0.0464. The van der Waals surface area contributed by atoms with E-state index in [1.165, 1.54) is 36.4 Å². The summed E-state index contributed by atoms with van der Waals surface area (Å²) in [5, 5.41) is 10.8. The van der Waals surface area contributed by atoms with Gasteiger partial charge in [0.1, 0.15) is 5.82 Å². The summed E-state index contributed by atoms with van der Waals surface area (Å²) >= 11 is 5.73. The minimum atomic E-state index is -0.638. The van der Waals surface area contributed by atoms with Gasteiger partial charge in [-0.25, -0.2) is 4.39 Å². The van der Waals surface area contributed by atoms with Gasteiger partial charge in [-0.15, -0.1) is 0 Å². The van der Waals surface area contributed by atoms with Crippen LogP contribution in [0.5, 0.6) is 0 Å². The van der Waals surface area contributed by atoms with E-state index >= 15 is 0 Å². The number of hydrogen-bond acceptors (Lipinski definition) is 3. The number of ketones is 1. The van der Waals surface area contributed by atoms with Gasteiger partial charge in [0.25, 0.3) is 5.69 Å². The van der Waals surface area contributed by atoms with Gasteiger partial charge in [-0.1, -0.05) is 23.7 Å². The van der Waals surface area contributed by atoms with Crippen molar-refractivity contribution in [3.63, 3.8) is 0 Å². The summed E-state index contributed by atoms with van der Waals surface area (Å²) < 4.78 is 13.5. The third kappa shape index (κ3) is 3.19. The second kappa shape index (κ2) is 5.79. The zero-order chi connectivity index (χ0) is 14.7. The van der Waals surface area contributed by atoms with Crippen LogP contribution in [-0.4, -0.2) is 10.7 Å². The number of hydrogen-bond donors (Lipinski definition) is 0. The molecule has 0 saturated carbocycles. The van der Waals surface area contributed by atoms with Crippen LogP contribution in [0.1, 0.15) is 15.9 Å². The van der Waals surface area contributed by atoms with Crippen LogP contribution in [0.3, 0.4) is 0 Å². The number of nitrogens with zero attached hydrogens (tertiary/aromatic N) is 1. The summed E-state index contributed by atoms with van der Waals surface area (Å²) in [6, 6.07) is 9.31. The predicted molar refractivity (Wildman–Crippen MR) is 72.5 cm³/mol. The molecule has 0 spiro atoms. The largest absolute Gasteiger partial charge is 0.294 e. The molecule has 2 aromatic carbocycles. The lowest BCUT2D eigenvalue weighted by molar-refractivity contribution is -0.384. The molecule has 2 rings (SSSR count). The minimum Gasteiger partial charge on any atom is -0.294 e. The van der Waals surface area contributed by atoms with E-state index in [2.05, 4.69) is 0 Å². The number of rotatable bonds is 4. The number of halogens is 2. The number of nitro groups is 1. The Balaban J connectivity index is 2.19. The molecule has 0 unspecified atom stereocenters. The zero-order valence-corrected chi connectivity index (χ0v) is 10.9. The van der Waals surface area contributed by atoms with Gasteiger partial charge in [0.15, 0.2) is 5.78 Å². The first-order valence-electron chi connectivity index (χ1n) is 5.69. The number of nitro benzene ring substituents is 1. The highest BCUT2D eigenvalue weighted by Crippen LogP contribution is 2.18. The van der Waals surface area contributed by atoms with Crippen molar-refractivity contribution in [3.8, 4) is 0 Å². The number of benzene rings is 2. The van der Waals surface area contributed by atoms with E-state index in [1.54, 1.807) is 0 Å². The van der Waals surface area contributed by atoms with Crippen molar-refractivity contribution in [2.24, 2.45) is 0 Å². The highest BCUT2D eigenvalue weighted by Gasteiger charge is 2.13. The van der Waals surface area contributed by atoms with Crippen molar-refractivity contribution < 1.29 is 14.1 Å². The van der Waals surface area contributed by atoms with Crippen LogP contribution < -0.4 is 0 Å². The smallest absolute Gasteiger partial charge is 0.269 e. The van der Waals surface area contributed by atoms with E-state index < -0.39 is 16.5 Å². The lowest BCUT2D eigenvalue weighted by atomic mass is 10.0. The Morgan fingerprint density at radius 2 is 1.85 bits per heavy atom. The van der Waals surface area contributed by atoms with Crippen LogP contribution in [-0.2, 0) is 6.42 Å². The van der Waals surface area contributed by atoms with Gasteiger partial charge < -0.3 is 0 Å². The molecular formula is C14H9ClFNO3. The fraction of sp³-hybridized carbons (Fsp3) is 0.0714. The highest BCUT2D eigenvalue weighted by molar-refractivity contribution is 6.31. The number of Topliss-reactive ketones (excluding diaryl/α,β-unsaturated/α-hetero) is 1. The molecule has 6 heteroatoms. The van der Waals surface area contributed by atoms with E-state index in [9.17, 15) is 19.3 Å². The van der Waals surface area contributed by atoms with Crippen molar-refractivity contribution in [2.45, 2.75) is 6.42 Å². The highest BCUT2D eigenvalue weighted by atomic mass is 35.5. The molecule has 0 bridgehead atoms. The maximum absolute atomic E-state index is 13.5. The molecule has 0 heterocycles. The summed E-state index contributed by atoms with van der Waals surface area (Å²) in [4.78, 5) is 22.0. The maximum Gasteiger partial charge on any atom is 0.269 e. The van der Waals surface area contributed by atoms with Crippen molar-refractivity contribution >= 4 is 23.1 Å². The fourth-order valence-corrected chi connectivity index (χ4v) is 1.90. The van der Waals surface area contributed by atoms with Gasteiger partial charge in [0.2, 0.25) is 0 Å². The van der Waals surface area contributed by atoms with E-state index in [4.69, 9.17) is 11.6 Å². The first-order valence-corrected chi connectivity index (χ1v) is 6.07. The van der Waals surface area contributed by atoms with E-state index in [0.29, 0.717) is 5.56 Å². The molecule has 0 aliphatic heterocycles. The summed E-state index contributed by atoms with van der Waals surface area (Å²) in [6.07, 6.45) is -0.0464. The molecular weight excluding hydrogens is 285 g/mol. The van der Waals surface area contributed by atoms with Crippen LogP contribution in [0.4, 0.5) is 10.1 Å². The van der Waals surface area contributed by atoms with Crippen LogP contribution in [0, 0.1) is 15.9 Å². The normalized spacial score (nSPS) is 10.3. The lowest BCUT2D eigenvalue weighted by Gasteiger charge is -2.03. The Morgan fingerprint density at radius 1 is 1.20 bits per heavy atom. The topological polar surface area (TPSA) is 60.2 Å². The van der Waals surface area contributed by atoms with Gasteiger partial charge in [-0.3, -0.25) is 14.9 Å². The molecule has 0 amide bonds. The third-order valence-electron chi connectivity index (χ3n) is 2.74. The first-order chi connectivity index (χ1) is 9.47. The average Bonchev–Trinajstić information content (AvgIpc) is 2.42. The molecule has 2 aromatic rings. The molecule has 4 nitrogen and oxygen atoms in total. The lowest BCUT2D eigenvalue weighted by Crippen LogP contribution is -2.06. The summed E-state index contributed by atoms with van der Waals surface area (Å²) in [7, 11) is 0. The van der Waals surface area contributed by atoms with Gasteiger partial charge in [-0.2, -0.15) is 0 Å². The van der Waals surface area contributed by atoms with Crippen molar-refractivity contribution in [3.05, 3.63) is 74.5 Å². The first kappa shape index (κ1) is 14.1. The molecule has 0 saturated heterocycles. The Hall–Kier alpha value is -2.27. The molecule has 0 aliphatic rings. The molecule has 0 aliphatic carbocycles. The Bertz CT molecular complexity index is 671. The predicted octanol–water partition coefficient (Wildman–Crippen LogP) is 3.81. The monoisotopic (exact) mass is 293 g/mol. The average molecular weight is 294 g/mol. The zero-order valence-electron chi connectivity index (χ0n) is 10.2. The molecule has 0 fully saturated rings. The van der Waals surface area contributed by atoms with Gasteiger partial charge in [0.05, 0.1) is 10.5 Å². The van der Waals surface area contributed by atoms with Crippen LogP contribution >= 0.6 is 11.6 Å². The molecule has 0 radical (unpaired) electrons. The SMILES string of the molecule is O=C(Cc1ccc([N+](=O)[O-])cc1)c1cc(Cl)ccc1F. The Kier molecular flexibility index (Phi) is 4.10. The second-order valence-electron chi connectivity index (χ2n) is 4.15. The second-order valence-corrected chi connectivity index (χ2v) is 4.58. The number of carbonyl (C=O) groups excluding carboxylic acids is 1. The van der Waals surface area contributed by atoms with E-state index in [-0.39, 0.29) is 22.7 Å². The summed E-state index contributed by atoms with van der Waals surface area (Å²) in [6.45, 7) is 0. The molecule has 0 N–H and O–H groups in total. The van der Waals surface area contributed by atoms with Crippen LogP contribution in [0.2, 0.25) is 5.02 Å². The van der Waals surface area contributed by atoms with Crippen molar-refractivity contribution in [2.75, 3.05) is 0 Å². The van der Waals surface area contributed by atoms with E-state index in [1.807, 2.05) is 0 Å². The van der Waals surface area contributed by atoms with Gasteiger partial charge >= 0.3 is 0 Å². The Labute approximate surface area is 119 Å². The van der Waals surface area contributed by atoms with Crippen LogP contribution in [0.15, 0.2) is 42.5 Å². The maximum atomic E-state index is 13.5. The van der Waals surface area contributed by atoms with Crippen molar-refractivity contribution in [1.82, 2.24) is 0 Å².